The summed E-state index contributed by atoms with van der Waals surface area (Å²) >= 11 is 0. The van der Waals surface area contributed by atoms with Gasteiger partial charge in [0.2, 0.25) is 0 Å². The van der Waals surface area contributed by atoms with Gasteiger partial charge >= 0.3 is 5.97 Å². The van der Waals surface area contributed by atoms with Crippen LogP contribution in [-0.4, -0.2) is 34.6 Å². The number of carbonyl (C=O) groups is 1. The van der Waals surface area contributed by atoms with Crippen LogP contribution in [0.3, 0.4) is 0 Å². The van der Waals surface area contributed by atoms with Crippen molar-refractivity contribution in [3.8, 4) is 0 Å². The molecule has 0 aliphatic rings. The molecule has 0 spiro atoms. The monoisotopic (exact) mass is 173 g/mol. The van der Waals surface area contributed by atoms with Crippen LogP contribution in [0.1, 0.15) is 34.1 Å². The Bertz CT molecular complexity index is 149. The van der Waals surface area contributed by atoms with Gasteiger partial charge in [-0.25, -0.2) is 0 Å². The molecule has 0 aliphatic heterocycles. The van der Waals surface area contributed by atoms with Gasteiger partial charge in [-0.1, -0.05) is 6.92 Å². The predicted molar refractivity (Wildman–Crippen MR) is 49.3 cm³/mol. The maximum Gasteiger partial charge on any atom is 0.304 e. The Morgan fingerprint density at radius 2 is 1.92 bits per heavy atom. The van der Waals surface area contributed by atoms with E-state index in [2.05, 4.69) is 25.7 Å². The van der Waals surface area contributed by atoms with Gasteiger partial charge in [0.1, 0.15) is 0 Å². The fraction of sp³-hybridized carbons (Fsp3) is 0.889. The molecular formula is C9H19NO2. The summed E-state index contributed by atoms with van der Waals surface area (Å²) in [6.07, 6.45) is 0.227. The van der Waals surface area contributed by atoms with E-state index in [0.717, 1.165) is 6.54 Å². The Kier molecular flexibility index (Phi) is 4.24. The first-order chi connectivity index (χ1) is 5.38. The molecule has 0 saturated carbocycles. The quantitative estimate of drug-likeness (QED) is 0.701. The second kappa shape index (κ2) is 4.45. The molecule has 0 atom stereocenters. The fourth-order valence-corrected chi connectivity index (χ4v) is 1.20. The number of nitrogens with zero attached hydrogens (tertiary/aromatic N) is 1. The van der Waals surface area contributed by atoms with Gasteiger partial charge in [0.25, 0.3) is 0 Å². The highest BCUT2D eigenvalue weighted by Gasteiger charge is 2.19. The number of carboxylic acid groups (broad SMARTS) is 1. The van der Waals surface area contributed by atoms with Crippen molar-refractivity contribution in [2.24, 2.45) is 0 Å². The SMILES string of the molecule is CCN(CCC(=O)O)C(C)(C)C. The molecule has 0 amide bonds. The normalized spacial score (nSPS) is 12.1. The van der Waals surface area contributed by atoms with Gasteiger partial charge in [-0.3, -0.25) is 9.69 Å². The molecule has 0 saturated heterocycles. The van der Waals surface area contributed by atoms with Crippen LogP contribution in [0, 0.1) is 0 Å². The van der Waals surface area contributed by atoms with Crippen LogP contribution in [-0.2, 0) is 4.79 Å². The number of aliphatic carboxylic acids is 1. The third-order valence-corrected chi connectivity index (χ3v) is 1.93. The van der Waals surface area contributed by atoms with E-state index in [9.17, 15) is 4.79 Å². The maximum atomic E-state index is 10.3. The van der Waals surface area contributed by atoms with Crippen molar-refractivity contribution in [3.05, 3.63) is 0 Å². The van der Waals surface area contributed by atoms with Crippen molar-refractivity contribution in [3.63, 3.8) is 0 Å². The summed E-state index contributed by atoms with van der Waals surface area (Å²) in [4.78, 5) is 12.5. The zero-order valence-electron chi connectivity index (χ0n) is 8.42. The third kappa shape index (κ3) is 4.34. The molecule has 0 aliphatic carbocycles. The molecule has 0 aromatic carbocycles. The highest BCUT2D eigenvalue weighted by atomic mass is 16.4. The third-order valence-electron chi connectivity index (χ3n) is 1.93. The van der Waals surface area contributed by atoms with Crippen molar-refractivity contribution < 1.29 is 9.90 Å². The summed E-state index contributed by atoms with van der Waals surface area (Å²) in [7, 11) is 0. The summed E-state index contributed by atoms with van der Waals surface area (Å²) in [6, 6.07) is 0. The van der Waals surface area contributed by atoms with E-state index in [4.69, 9.17) is 5.11 Å². The highest BCUT2D eigenvalue weighted by Crippen LogP contribution is 2.12. The van der Waals surface area contributed by atoms with E-state index in [1.54, 1.807) is 0 Å². The first-order valence-electron chi connectivity index (χ1n) is 4.34. The lowest BCUT2D eigenvalue weighted by molar-refractivity contribution is -0.137. The molecule has 0 unspecified atom stereocenters. The van der Waals surface area contributed by atoms with Crippen LogP contribution in [0.25, 0.3) is 0 Å². The van der Waals surface area contributed by atoms with Gasteiger partial charge in [0, 0.05) is 12.1 Å². The molecule has 72 valence electrons. The predicted octanol–water partition coefficient (Wildman–Crippen LogP) is 1.58. The van der Waals surface area contributed by atoms with Crippen molar-refractivity contribution in [1.82, 2.24) is 4.90 Å². The van der Waals surface area contributed by atoms with Gasteiger partial charge in [0.15, 0.2) is 0 Å². The molecule has 0 fully saturated rings. The number of rotatable bonds is 4. The Balaban J connectivity index is 3.92. The second-order valence-corrected chi connectivity index (χ2v) is 3.89. The van der Waals surface area contributed by atoms with Crippen molar-refractivity contribution >= 4 is 5.97 Å². The van der Waals surface area contributed by atoms with Crippen LogP contribution < -0.4 is 0 Å². The summed E-state index contributed by atoms with van der Waals surface area (Å²) < 4.78 is 0. The summed E-state index contributed by atoms with van der Waals surface area (Å²) in [5.41, 5.74) is 0.0736. The van der Waals surface area contributed by atoms with Crippen molar-refractivity contribution in [2.75, 3.05) is 13.1 Å². The number of hydrogen-bond donors (Lipinski definition) is 1. The number of hydrogen-bond acceptors (Lipinski definition) is 2. The van der Waals surface area contributed by atoms with Gasteiger partial charge in [-0.05, 0) is 27.3 Å². The lowest BCUT2D eigenvalue weighted by Crippen LogP contribution is -2.42. The average molecular weight is 173 g/mol. The first kappa shape index (κ1) is 11.4. The van der Waals surface area contributed by atoms with Crippen molar-refractivity contribution in [1.29, 1.82) is 0 Å². The van der Waals surface area contributed by atoms with Gasteiger partial charge < -0.3 is 5.11 Å². The molecular weight excluding hydrogens is 154 g/mol. The van der Waals surface area contributed by atoms with Gasteiger partial charge in [0.05, 0.1) is 6.42 Å². The van der Waals surface area contributed by atoms with Crippen LogP contribution in [0.5, 0.6) is 0 Å². The molecule has 0 rings (SSSR count). The average Bonchev–Trinajstić information content (AvgIpc) is 1.85. The topological polar surface area (TPSA) is 40.5 Å². The van der Waals surface area contributed by atoms with E-state index < -0.39 is 5.97 Å². The molecule has 0 radical (unpaired) electrons. The standard InChI is InChI=1S/C9H19NO2/c1-5-10(9(2,3)4)7-6-8(11)12/h5-7H2,1-4H3,(H,11,12). The Labute approximate surface area is 74.4 Å². The zero-order chi connectivity index (χ0) is 9.78. The minimum Gasteiger partial charge on any atom is -0.481 e. The molecule has 0 bridgehead atoms. The Morgan fingerprint density at radius 1 is 1.42 bits per heavy atom. The Morgan fingerprint density at radius 3 is 2.17 bits per heavy atom. The van der Waals surface area contributed by atoms with Crippen molar-refractivity contribution in [2.45, 2.75) is 39.7 Å². The second-order valence-electron chi connectivity index (χ2n) is 3.89. The van der Waals surface area contributed by atoms with Crippen LogP contribution in [0.15, 0.2) is 0 Å². The summed E-state index contributed by atoms with van der Waals surface area (Å²) in [5, 5.41) is 8.50. The van der Waals surface area contributed by atoms with E-state index in [-0.39, 0.29) is 12.0 Å². The van der Waals surface area contributed by atoms with E-state index in [0.29, 0.717) is 6.54 Å². The zero-order valence-corrected chi connectivity index (χ0v) is 8.42. The Hall–Kier alpha value is -0.570. The van der Waals surface area contributed by atoms with Gasteiger partial charge in [-0.15, -0.1) is 0 Å². The molecule has 0 aromatic rings. The highest BCUT2D eigenvalue weighted by molar-refractivity contribution is 5.66. The fourth-order valence-electron chi connectivity index (χ4n) is 1.20. The lowest BCUT2D eigenvalue weighted by Gasteiger charge is -2.34. The molecule has 12 heavy (non-hydrogen) atoms. The summed E-state index contributed by atoms with van der Waals surface area (Å²) in [5.74, 6) is -0.724. The summed E-state index contributed by atoms with van der Waals surface area (Å²) in [6.45, 7) is 9.87. The van der Waals surface area contributed by atoms with Crippen LogP contribution >= 0.6 is 0 Å². The minimum atomic E-state index is -0.724. The van der Waals surface area contributed by atoms with Crippen LogP contribution in [0.2, 0.25) is 0 Å². The van der Waals surface area contributed by atoms with Crippen LogP contribution in [0.4, 0.5) is 0 Å². The van der Waals surface area contributed by atoms with E-state index in [1.165, 1.54) is 0 Å². The molecule has 3 heteroatoms. The minimum absolute atomic E-state index is 0.0736. The van der Waals surface area contributed by atoms with Gasteiger partial charge in [-0.2, -0.15) is 0 Å². The number of carboxylic acids is 1. The molecule has 0 heterocycles. The lowest BCUT2D eigenvalue weighted by atomic mass is 10.1. The molecule has 3 nitrogen and oxygen atoms in total. The smallest absolute Gasteiger partial charge is 0.304 e. The maximum absolute atomic E-state index is 10.3. The van der Waals surface area contributed by atoms with E-state index >= 15 is 0 Å². The largest absolute Gasteiger partial charge is 0.481 e. The first-order valence-corrected chi connectivity index (χ1v) is 4.34. The van der Waals surface area contributed by atoms with E-state index in [1.807, 2.05) is 6.92 Å². The molecule has 1 N–H and O–H groups in total. The molecule has 0 aromatic heterocycles.